The van der Waals surface area contributed by atoms with Gasteiger partial charge >= 0.3 is 0 Å². The Morgan fingerprint density at radius 1 is 1.14 bits per heavy atom. The predicted molar refractivity (Wildman–Crippen MR) is 58.4 cm³/mol. The molecule has 1 aliphatic carbocycles. The molecule has 0 atom stereocenters. The minimum atomic E-state index is 0.408. The van der Waals surface area contributed by atoms with Gasteiger partial charge in [-0.15, -0.1) is 0 Å². The van der Waals surface area contributed by atoms with Crippen molar-refractivity contribution in [2.24, 2.45) is 0 Å². The number of hydrogen-bond donors (Lipinski definition) is 1. The topological polar surface area (TPSA) is 35.2 Å². The lowest BCUT2D eigenvalue weighted by Gasteiger charge is -2.23. The fraction of sp³-hybridized carbons (Fsp3) is 0.500. The van der Waals surface area contributed by atoms with Crippen LogP contribution in [0.3, 0.4) is 0 Å². The zero-order valence-electron chi connectivity index (χ0n) is 8.41. The third kappa shape index (κ3) is 2.41. The van der Waals surface area contributed by atoms with Crippen LogP contribution in [0.2, 0.25) is 0 Å². The Hall–Kier alpha value is -1.18. The van der Waals surface area contributed by atoms with Crippen molar-refractivity contribution in [3.63, 3.8) is 0 Å². The fourth-order valence-corrected chi connectivity index (χ4v) is 1.96. The van der Waals surface area contributed by atoms with E-state index in [-0.39, 0.29) is 0 Å². The van der Waals surface area contributed by atoms with Crippen molar-refractivity contribution in [3.8, 4) is 5.75 Å². The van der Waals surface area contributed by atoms with Gasteiger partial charge in [-0.3, -0.25) is 0 Å². The normalized spacial score (nSPS) is 18.0. The smallest absolute Gasteiger partial charge is 0.121 e. The zero-order valence-corrected chi connectivity index (χ0v) is 8.41. The summed E-state index contributed by atoms with van der Waals surface area (Å²) in [5.41, 5.74) is 6.46. The molecule has 14 heavy (non-hydrogen) atoms. The van der Waals surface area contributed by atoms with Crippen molar-refractivity contribution in [1.29, 1.82) is 0 Å². The summed E-state index contributed by atoms with van der Waals surface area (Å²) in [6.07, 6.45) is 6.74. The van der Waals surface area contributed by atoms with Crippen LogP contribution >= 0.6 is 0 Å². The van der Waals surface area contributed by atoms with Crippen LogP contribution in [-0.2, 0) is 0 Å². The third-order valence-corrected chi connectivity index (χ3v) is 2.71. The molecule has 2 heteroatoms. The first-order valence-corrected chi connectivity index (χ1v) is 5.37. The minimum absolute atomic E-state index is 0.408. The summed E-state index contributed by atoms with van der Waals surface area (Å²) in [5, 5.41) is 0. The second-order valence-corrected chi connectivity index (χ2v) is 3.95. The summed E-state index contributed by atoms with van der Waals surface area (Å²) >= 11 is 0. The number of ether oxygens (including phenoxy) is 1. The molecule has 2 rings (SSSR count). The van der Waals surface area contributed by atoms with Crippen LogP contribution < -0.4 is 10.5 Å². The first kappa shape index (κ1) is 9.38. The summed E-state index contributed by atoms with van der Waals surface area (Å²) in [4.78, 5) is 0. The summed E-state index contributed by atoms with van der Waals surface area (Å²) in [6.45, 7) is 0. The van der Waals surface area contributed by atoms with Gasteiger partial charge < -0.3 is 10.5 Å². The molecule has 1 aliphatic rings. The van der Waals surface area contributed by atoms with Gasteiger partial charge in [-0.2, -0.15) is 0 Å². The van der Waals surface area contributed by atoms with Crippen LogP contribution in [0.4, 0.5) is 5.69 Å². The van der Waals surface area contributed by atoms with Crippen molar-refractivity contribution >= 4 is 5.69 Å². The van der Waals surface area contributed by atoms with Gasteiger partial charge in [-0.05, 0) is 37.8 Å². The maximum atomic E-state index is 5.86. The summed E-state index contributed by atoms with van der Waals surface area (Å²) < 4.78 is 5.86. The molecule has 0 aromatic heterocycles. The highest BCUT2D eigenvalue weighted by atomic mass is 16.5. The average Bonchev–Trinajstić information content (AvgIpc) is 2.19. The molecule has 2 nitrogen and oxygen atoms in total. The van der Waals surface area contributed by atoms with Gasteiger partial charge in [-0.1, -0.05) is 12.5 Å². The van der Waals surface area contributed by atoms with Gasteiger partial charge in [0.25, 0.3) is 0 Å². The fourth-order valence-electron chi connectivity index (χ4n) is 1.96. The summed E-state index contributed by atoms with van der Waals surface area (Å²) in [7, 11) is 0. The zero-order chi connectivity index (χ0) is 9.80. The number of hydrogen-bond acceptors (Lipinski definition) is 2. The largest absolute Gasteiger partial charge is 0.490 e. The van der Waals surface area contributed by atoms with Gasteiger partial charge in [0, 0.05) is 11.8 Å². The molecule has 1 aromatic rings. The Balaban J connectivity index is 1.95. The van der Waals surface area contributed by atoms with Crippen LogP contribution in [0.1, 0.15) is 32.1 Å². The molecule has 76 valence electrons. The Bertz CT molecular complexity index is 292. The first-order valence-electron chi connectivity index (χ1n) is 5.37. The van der Waals surface area contributed by atoms with Crippen LogP contribution in [-0.4, -0.2) is 6.10 Å². The van der Waals surface area contributed by atoms with E-state index in [1.54, 1.807) is 0 Å². The molecule has 1 saturated carbocycles. The highest BCUT2D eigenvalue weighted by Crippen LogP contribution is 2.24. The molecule has 0 aliphatic heterocycles. The number of rotatable bonds is 2. The van der Waals surface area contributed by atoms with E-state index in [1.165, 1.54) is 32.1 Å². The monoisotopic (exact) mass is 191 g/mol. The molecule has 1 aromatic carbocycles. The predicted octanol–water partition coefficient (Wildman–Crippen LogP) is 2.98. The van der Waals surface area contributed by atoms with E-state index in [0.717, 1.165) is 11.4 Å². The molecule has 0 amide bonds. The van der Waals surface area contributed by atoms with Crippen molar-refractivity contribution in [3.05, 3.63) is 24.3 Å². The average molecular weight is 191 g/mol. The lowest BCUT2D eigenvalue weighted by atomic mass is 9.98. The second kappa shape index (κ2) is 4.36. The molecule has 1 fully saturated rings. The van der Waals surface area contributed by atoms with E-state index in [0.29, 0.717) is 6.10 Å². The van der Waals surface area contributed by atoms with Crippen molar-refractivity contribution < 1.29 is 4.74 Å². The van der Waals surface area contributed by atoms with Crippen molar-refractivity contribution in [1.82, 2.24) is 0 Å². The summed E-state index contributed by atoms with van der Waals surface area (Å²) in [5.74, 6) is 0.914. The van der Waals surface area contributed by atoms with Crippen LogP contribution in [0.15, 0.2) is 24.3 Å². The number of nitrogens with two attached hydrogens (primary N) is 1. The minimum Gasteiger partial charge on any atom is -0.490 e. The van der Waals surface area contributed by atoms with Crippen LogP contribution in [0.5, 0.6) is 5.75 Å². The van der Waals surface area contributed by atoms with Crippen LogP contribution in [0, 0.1) is 0 Å². The van der Waals surface area contributed by atoms with E-state index in [2.05, 4.69) is 0 Å². The lowest BCUT2D eigenvalue weighted by molar-refractivity contribution is 0.155. The highest BCUT2D eigenvalue weighted by molar-refractivity contribution is 5.43. The van der Waals surface area contributed by atoms with Gasteiger partial charge in [0.2, 0.25) is 0 Å². The number of benzene rings is 1. The third-order valence-electron chi connectivity index (χ3n) is 2.71. The molecule has 0 unspecified atom stereocenters. The molecular weight excluding hydrogens is 174 g/mol. The molecule has 2 N–H and O–H groups in total. The van der Waals surface area contributed by atoms with E-state index in [9.17, 15) is 0 Å². The Labute approximate surface area is 85.1 Å². The van der Waals surface area contributed by atoms with Crippen molar-refractivity contribution in [2.45, 2.75) is 38.2 Å². The maximum absolute atomic E-state index is 5.86. The number of nitrogen functional groups attached to an aromatic ring is 1. The SMILES string of the molecule is Nc1cccc(OC2CCCCC2)c1. The highest BCUT2D eigenvalue weighted by Gasteiger charge is 2.14. The molecule has 0 spiro atoms. The van der Waals surface area contributed by atoms with Crippen molar-refractivity contribution in [2.75, 3.05) is 5.73 Å². The van der Waals surface area contributed by atoms with Gasteiger partial charge in [-0.25, -0.2) is 0 Å². The standard InChI is InChI=1S/C12H17NO/c13-10-5-4-8-12(9-10)14-11-6-2-1-3-7-11/h4-5,8-9,11H,1-3,6-7,13H2. The summed E-state index contributed by atoms with van der Waals surface area (Å²) in [6, 6.07) is 7.70. The maximum Gasteiger partial charge on any atom is 0.121 e. The van der Waals surface area contributed by atoms with Crippen LogP contribution in [0.25, 0.3) is 0 Å². The lowest BCUT2D eigenvalue weighted by Crippen LogP contribution is -2.19. The Morgan fingerprint density at radius 3 is 2.64 bits per heavy atom. The van der Waals surface area contributed by atoms with E-state index < -0.39 is 0 Å². The molecule has 0 radical (unpaired) electrons. The quantitative estimate of drug-likeness (QED) is 0.729. The molecule has 0 bridgehead atoms. The second-order valence-electron chi connectivity index (χ2n) is 3.95. The van der Waals surface area contributed by atoms with E-state index >= 15 is 0 Å². The molecule has 0 heterocycles. The molecular formula is C12H17NO. The van der Waals surface area contributed by atoms with E-state index in [4.69, 9.17) is 10.5 Å². The van der Waals surface area contributed by atoms with E-state index in [1.807, 2.05) is 24.3 Å². The first-order chi connectivity index (χ1) is 6.84. The Kier molecular flexibility index (Phi) is 2.92. The Morgan fingerprint density at radius 2 is 1.93 bits per heavy atom. The van der Waals surface area contributed by atoms with Gasteiger partial charge in [0.1, 0.15) is 5.75 Å². The molecule has 0 saturated heterocycles. The van der Waals surface area contributed by atoms with Gasteiger partial charge in [0.15, 0.2) is 0 Å². The number of anilines is 1. The van der Waals surface area contributed by atoms with Gasteiger partial charge in [0.05, 0.1) is 6.10 Å².